The van der Waals surface area contributed by atoms with Crippen molar-refractivity contribution in [3.05, 3.63) is 0 Å². The second kappa shape index (κ2) is 5.91. The van der Waals surface area contributed by atoms with Crippen LogP contribution in [0, 0.1) is 0 Å². The Balaban J connectivity index is 1.97. The first kappa shape index (κ1) is 9.41. The monoisotopic (exact) mass is 172 g/mol. The van der Waals surface area contributed by atoms with Gasteiger partial charge in [-0.15, -0.1) is 0 Å². The van der Waals surface area contributed by atoms with Gasteiger partial charge in [0.05, 0.1) is 19.8 Å². The predicted octanol–water partition coefficient (Wildman–Crippen LogP) is 0.0346. The summed E-state index contributed by atoms with van der Waals surface area (Å²) in [7, 11) is 0. The Morgan fingerprint density at radius 1 is 1.33 bits per heavy atom. The molecule has 0 unspecified atom stereocenters. The van der Waals surface area contributed by atoms with Crippen molar-refractivity contribution in [2.45, 2.75) is 6.42 Å². The van der Waals surface area contributed by atoms with Crippen LogP contribution in [0.4, 0.5) is 0 Å². The maximum absolute atomic E-state index is 5.22. The molecule has 1 aliphatic rings. The molecule has 0 atom stereocenters. The molecule has 0 spiro atoms. The standard InChI is InChI=1S/C7H16N4O/c8-10-9-2-1-3-11-4-6-12-7-5-11/h1-7H2,(H2,8,9). The average molecular weight is 172 g/mol. The Kier molecular flexibility index (Phi) is 4.63. The molecule has 1 saturated heterocycles. The molecule has 12 heavy (non-hydrogen) atoms. The third-order valence-electron chi connectivity index (χ3n) is 1.92. The van der Waals surface area contributed by atoms with Crippen molar-refractivity contribution < 1.29 is 4.74 Å². The summed E-state index contributed by atoms with van der Waals surface area (Å²) >= 11 is 0. The summed E-state index contributed by atoms with van der Waals surface area (Å²) in [5, 5.41) is 6.90. The van der Waals surface area contributed by atoms with Crippen molar-refractivity contribution in [3.8, 4) is 0 Å². The molecule has 70 valence electrons. The lowest BCUT2D eigenvalue weighted by Crippen LogP contribution is -2.37. The SMILES string of the molecule is NN=NCCCN1CCOCC1. The molecule has 1 rings (SSSR count). The molecule has 1 heterocycles. The first-order valence-corrected chi connectivity index (χ1v) is 4.30. The highest BCUT2D eigenvalue weighted by Crippen LogP contribution is 1.97. The second-order valence-electron chi connectivity index (χ2n) is 2.79. The van der Waals surface area contributed by atoms with Gasteiger partial charge < -0.3 is 10.6 Å². The predicted molar refractivity (Wildman–Crippen MR) is 45.8 cm³/mol. The Morgan fingerprint density at radius 3 is 2.75 bits per heavy atom. The summed E-state index contributed by atoms with van der Waals surface area (Å²) in [6, 6.07) is 0. The lowest BCUT2D eigenvalue weighted by atomic mass is 10.3. The van der Waals surface area contributed by atoms with E-state index in [4.69, 9.17) is 10.6 Å². The number of morpholine rings is 1. The maximum Gasteiger partial charge on any atom is 0.0632 e. The molecular weight excluding hydrogens is 156 g/mol. The number of nitrogens with zero attached hydrogens (tertiary/aromatic N) is 3. The van der Waals surface area contributed by atoms with E-state index >= 15 is 0 Å². The van der Waals surface area contributed by atoms with Crippen LogP contribution in [0.15, 0.2) is 10.3 Å². The van der Waals surface area contributed by atoms with Gasteiger partial charge in [0.1, 0.15) is 0 Å². The highest BCUT2D eigenvalue weighted by molar-refractivity contribution is 4.61. The van der Waals surface area contributed by atoms with Gasteiger partial charge in [0.15, 0.2) is 0 Å². The topological polar surface area (TPSA) is 63.2 Å². The zero-order valence-corrected chi connectivity index (χ0v) is 7.28. The summed E-state index contributed by atoms with van der Waals surface area (Å²) < 4.78 is 5.22. The fourth-order valence-corrected chi connectivity index (χ4v) is 1.25. The van der Waals surface area contributed by atoms with Crippen LogP contribution in [0.25, 0.3) is 0 Å². The summed E-state index contributed by atoms with van der Waals surface area (Å²) in [6.45, 7) is 5.60. The molecule has 1 aliphatic heterocycles. The van der Waals surface area contributed by atoms with E-state index < -0.39 is 0 Å². The van der Waals surface area contributed by atoms with E-state index in [1.165, 1.54) is 0 Å². The minimum Gasteiger partial charge on any atom is -0.379 e. The summed E-state index contributed by atoms with van der Waals surface area (Å²) in [5.41, 5.74) is 0. The first-order chi connectivity index (χ1) is 5.93. The highest BCUT2D eigenvalue weighted by Gasteiger charge is 2.08. The molecule has 0 aliphatic carbocycles. The van der Waals surface area contributed by atoms with E-state index in [-0.39, 0.29) is 0 Å². The molecule has 1 fully saturated rings. The van der Waals surface area contributed by atoms with Gasteiger partial charge >= 0.3 is 0 Å². The number of rotatable bonds is 4. The maximum atomic E-state index is 5.22. The lowest BCUT2D eigenvalue weighted by molar-refractivity contribution is 0.0377. The van der Waals surface area contributed by atoms with E-state index in [1.807, 2.05) is 0 Å². The van der Waals surface area contributed by atoms with Crippen LogP contribution in [-0.2, 0) is 4.74 Å². The fraction of sp³-hybridized carbons (Fsp3) is 1.00. The van der Waals surface area contributed by atoms with Crippen molar-refractivity contribution in [2.24, 2.45) is 16.2 Å². The molecule has 0 amide bonds. The second-order valence-corrected chi connectivity index (χ2v) is 2.79. The van der Waals surface area contributed by atoms with Crippen LogP contribution in [0.3, 0.4) is 0 Å². The summed E-state index contributed by atoms with van der Waals surface area (Å²) in [5.74, 6) is 4.87. The van der Waals surface area contributed by atoms with Crippen molar-refractivity contribution in [1.29, 1.82) is 0 Å². The molecule has 5 nitrogen and oxygen atoms in total. The van der Waals surface area contributed by atoms with Crippen LogP contribution in [-0.4, -0.2) is 44.3 Å². The van der Waals surface area contributed by atoms with Crippen molar-refractivity contribution in [3.63, 3.8) is 0 Å². The third kappa shape index (κ3) is 3.64. The van der Waals surface area contributed by atoms with Gasteiger partial charge in [-0.25, -0.2) is 0 Å². The van der Waals surface area contributed by atoms with Gasteiger partial charge in [0, 0.05) is 19.6 Å². The molecule has 0 aromatic carbocycles. The van der Waals surface area contributed by atoms with Gasteiger partial charge in [-0.3, -0.25) is 4.90 Å². The van der Waals surface area contributed by atoms with E-state index in [0.717, 1.165) is 45.8 Å². The molecule has 2 N–H and O–H groups in total. The third-order valence-corrected chi connectivity index (χ3v) is 1.92. The molecule has 0 aromatic rings. The van der Waals surface area contributed by atoms with Crippen LogP contribution >= 0.6 is 0 Å². The molecule has 0 aromatic heterocycles. The summed E-state index contributed by atoms with van der Waals surface area (Å²) in [6.07, 6.45) is 1.03. The lowest BCUT2D eigenvalue weighted by Gasteiger charge is -2.25. The number of ether oxygens (including phenoxy) is 1. The first-order valence-electron chi connectivity index (χ1n) is 4.30. The van der Waals surface area contributed by atoms with E-state index in [9.17, 15) is 0 Å². The molecule has 0 bridgehead atoms. The molecule has 5 heteroatoms. The van der Waals surface area contributed by atoms with E-state index in [1.54, 1.807) is 0 Å². The Bertz CT molecular complexity index is 133. The highest BCUT2D eigenvalue weighted by atomic mass is 16.5. The largest absolute Gasteiger partial charge is 0.379 e. The van der Waals surface area contributed by atoms with Gasteiger partial charge in [-0.2, -0.15) is 5.11 Å². The quantitative estimate of drug-likeness (QED) is 0.282. The van der Waals surface area contributed by atoms with Crippen LogP contribution < -0.4 is 5.84 Å². The van der Waals surface area contributed by atoms with Gasteiger partial charge in [0.25, 0.3) is 0 Å². The van der Waals surface area contributed by atoms with Gasteiger partial charge in [-0.05, 0) is 6.42 Å². The van der Waals surface area contributed by atoms with Crippen molar-refractivity contribution in [2.75, 3.05) is 39.4 Å². The number of hydrogen-bond acceptors (Lipinski definition) is 4. The Hall–Kier alpha value is -0.680. The number of nitrogens with two attached hydrogens (primary N) is 1. The van der Waals surface area contributed by atoms with Crippen molar-refractivity contribution in [1.82, 2.24) is 4.90 Å². The normalized spacial score (nSPS) is 20.3. The van der Waals surface area contributed by atoms with Crippen LogP contribution in [0.1, 0.15) is 6.42 Å². The number of hydrogen-bond donors (Lipinski definition) is 1. The van der Waals surface area contributed by atoms with E-state index in [0.29, 0.717) is 0 Å². The minimum atomic E-state index is 0.730. The summed E-state index contributed by atoms with van der Waals surface area (Å²) in [4.78, 5) is 2.37. The van der Waals surface area contributed by atoms with Crippen LogP contribution in [0.2, 0.25) is 0 Å². The van der Waals surface area contributed by atoms with Crippen LogP contribution in [0.5, 0.6) is 0 Å². The van der Waals surface area contributed by atoms with E-state index in [2.05, 4.69) is 15.2 Å². The van der Waals surface area contributed by atoms with Gasteiger partial charge in [-0.1, -0.05) is 5.22 Å². The van der Waals surface area contributed by atoms with Gasteiger partial charge in [0.2, 0.25) is 0 Å². The molecule has 0 radical (unpaired) electrons. The Morgan fingerprint density at radius 2 is 2.08 bits per heavy atom. The Labute approximate surface area is 72.6 Å². The molecule has 0 saturated carbocycles. The average Bonchev–Trinajstić information content (AvgIpc) is 2.14. The zero-order chi connectivity index (χ0) is 8.65. The van der Waals surface area contributed by atoms with Crippen molar-refractivity contribution >= 4 is 0 Å². The zero-order valence-electron chi connectivity index (χ0n) is 7.28. The smallest absolute Gasteiger partial charge is 0.0632 e. The molecular formula is C7H16N4O. The minimum absolute atomic E-state index is 0.730. The fourth-order valence-electron chi connectivity index (χ4n) is 1.25.